The van der Waals surface area contributed by atoms with E-state index in [9.17, 15) is 9.18 Å². The summed E-state index contributed by atoms with van der Waals surface area (Å²) in [6.07, 6.45) is 1.26. The molecule has 2 aromatic heterocycles. The van der Waals surface area contributed by atoms with Crippen LogP contribution in [0.25, 0.3) is 5.52 Å². The van der Waals surface area contributed by atoms with Crippen LogP contribution in [0.5, 0.6) is 0 Å². The van der Waals surface area contributed by atoms with E-state index in [1.807, 2.05) is 0 Å². The van der Waals surface area contributed by atoms with Crippen molar-refractivity contribution >= 4 is 11.5 Å². The van der Waals surface area contributed by atoms with Gasteiger partial charge in [-0.3, -0.25) is 4.40 Å². The Morgan fingerprint density at radius 2 is 2.23 bits per heavy atom. The summed E-state index contributed by atoms with van der Waals surface area (Å²) in [5, 5.41) is 8.64. The van der Waals surface area contributed by atoms with Gasteiger partial charge in [-0.1, -0.05) is 6.07 Å². The highest BCUT2D eigenvalue weighted by Gasteiger charge is 2.07. The molecule has 0 saturated heterocycles. The number of hydrogen-bond donors (Lipinski definition) is 1. The standard InChI is InChI=1S/C9H6FNO2/c10-8-3-1-2-7-4-6(9(12)13)5-11(7)8/h1-5H,(H,12,13). The minimum atomic E-state index is -1.05. The smallest absolute Gasteiger partial charge is 0.337 e. The molecule has 0 spiro atoms. The predicted molar refractivity (Wildman–Crippen MR) is 44.3 cm³/mol. The second kappa shape index (κ2) is 2.58. The molecule has 13 heavy (non-hydrogen) atoms. The van der Waals surface area contributed by atoms with Crippen molar-refractivity contribution in [2.75, 3.05) is 0 Å². The van der Waals surface area contributed by atoms with E-state index in [1.54, 1.807) is 6.07 Å². The van der Waals surface area contributed by atoms with E-state index < -0.39 is 11.9 Å². The first kappa shape index (κ1) is 7.79. The molecule has 0 aliphatic carbocycles. The van der Waals surface area contributed by atoms with Gasteiger partial charge in [-0.05, 0) is 18.2 Å². The van der Waals surface area contributed by atoms with Gasteiger partial charge in [0.05, 0.1) is 5.56 Å². The fourth-order valence-corrected chi connectivity index (χ4v) is 1.22. The monoisotopic (exact) mass is 179 g/mol. The van der Waals surface area contributed by atoms with Crippen LogP contribution in [-0.2, 0) is 0 Å². The van der Waals surface area contributed by atoms with Crippen molar-refractivity contribution in [1.29, 1.82) is 0 Å². The number of aromatic nitrogens is 1. The zero-order valence-corrected chi connectivity index (χ0v) is 6.57. The highest BCUT2D eigenvalue weighted by Crippen LogP contribution is 2.11. The van der Waals surface area contributed by atoms with Gasteiger partial charge in [0.15, 0.2) is 5.95 Å². The Kier molecular flexibility index (Phi) is 1.55. The molecule has 0 amide bonds. The van der Waals surface area contributed by atoms with Crippen LogP contribution in [0.3, 0.4) is 0 Å². The van der Waals surface area contributed by atoms with Crippen molar-refractivity contribution in [3.05, 3.63) is 42.0 Å². The van der Waals surface area contributed by atoms with Gasteiger partial charge in [-0.25, -0.2) is 4.79 Å². The summed E-state index contributed by atoms with van der Waals surface area (Å²) in [6, 6.07) is 5.88. The molecule has 1 N–H and O–H groups in total. The number of fused-ring (bicyclic) bond motifs is 1. The van der Waals surface area contributed by atoms with Gasteiger partial charge < -0.3 is 5.11 Å². The van der Waals surface area contributed by atoms with Crippen molar-refractivity contribution in [1.82, 2.24) is 4.40 Å². The zero-order valence-electron chi connectivity index (χ0n) is 6.57. The van der Waals surface area contributed by atoms with Gasteiger partial charge in [0, 0.05) is 11.7 Å². The van der Waals surface area contributed by atoms with Crippen LogP contribution in [0.2, 0.25) is 0 Å². The lowest BCUT2D eigenvalue weighted by atomic mass is 10.3. The average Bonchev–Trinajstić information content (AvgIpc) is 2.49. The Morgan fingerprint density at radius 3 is 2.85 bits per heavy atom. The van der Waals surface area contributed by atoms with Crippen LogP contribution in [0.1, 0.15) is 10.4 Å². The lowest BCUT2D eigenvalue weighted by Gasteiger charge is -1.93. The van der Waals surface area contributed by atoms with E-state index >= 15 is 0 Å². The van der Waals surface area contributed by atoms with Crippen molar-refractivity contribution in [3.8, 4) is 0 Å². The SMILES string of the molecule is O=C(O)c1cc2cccc(F)n2c1. The molecule has 4 heteroatoms. The Hall–Kier alpha value is -1.84. The number of carboxylic acid groups (broad SMARTS) is 1. The van der Waals surface area contributed by atoms with E-state index in [1.165, 1.54) is 28.8 Å². The van der Waals surface area contributed by atoms with Gasteiger partial charge in [0.1, 0.15) is 0 Å². The fourth-order valence-electron chi connectivity index (χ4n) is 1.22. The molecule has 0 radical (unpaired) electrons. The maximum Gasteiger partial charge on any atom is 0.337 e. The third-order valence-electron chi connectivity index (χ3n) is 1.83. The first-order valence-electron chi connectivity index (χ1n) is 3.68. The molecule has 0 bridgehead atoms. The molecule has 3 nitrogen and oxygen atoms in total. The number of rotatable bonds is 1. The van der Waals surface area contributed by atoms with E-state index in [2.05, 4.69) is 0 Å². The number of carboxylic acids is 1. The summed E-state index contributed by atoms with van der Waals surface area (Å²) in [6.45, 7) is 0. The molecular weight excluding hydrogens is 173 g/mol. The van der Waals surface area contributed by atoms with Crippen molar-refractivity contribution in [2.45, 2.75) is 0 Å². The molecule has 0 aliphatic heterocycles. The normalized spacial score (nSPS) is 10.5. The largest absolute Gasteiger partial charge is 0.478 e. The van der Waals surface area contributed by atoms with Crippen molar-refractivity contribution in [2.24, 2.45) is 0 Å². The zero-order chi connectivity index (χ0) is 9.42. The predicted octanol–water partition coefficient (Wildman–Crippen LogP) is 1.78. The topological polar surface area (TPSA) is 41.7 Å². The number of halogens is 1. The summed E-state index contributed by atoms with van der Waals surface area (Å²) in [5.74, 6) is -1.52. The summed E-state index contributed by atoms with van der Waals surface area (Å²) in [4.78, 5) is 10.5. The third-order valence-corrected chi connectivity index (χ3v) is 1.83. The summed E-state index contributed by atoms with van der Waals surface area (Å²) in [7, 11) is 0. The first-order chi connectivity index (χ1) is 6.18. The molecule has 66 valence electrons. The molecule has 0 atom stereocenters. The highest BCUT2D eigenvalue weighted by atomic mass is 19.1. The van der Waals surface area contributed by atoms with Crippen LogP contribution in [-0.4, -0.2) is 15.5 Å². The molecular formula is C9H6FNO2. The van der Waals surface area contributed by atoms with Gasteiger partial charge in [0.25, 0.3) is 0 Å². The van der Waals surface area contributed by atoms with E-state index in [0.717, 1.165) is 0 Å². The number of carbonyl (C=O) groups is 1. The number of aromatic carboxylic acids is 1. The Labute approximate surface area is 73.0 Å². The quantitative estimate of drug-likeness (QED) is 0.678. The minimum Gasteiger partial charge on any atom is -0.478 e. The molecule has 0 fully saturated rings. The van der Waals surface area contributed by atoms with E-state index in [-0.39, 0.29) is 5.56 Å². The van der Waals surface area contributed by atoms with Gasteiger partial charge in [0.2, 0.25) is 0 Å². The lowest BCUT2D eigenvalue weighted by molar-refractivity contribution is 0.0697. The van der Waals surface area contributed by atoms with Crippen LogP contribution < -0.4 is 0 Å². The first-order valence-corrected chi connectivity index (χ1v) is 3.68. The lowest BCUT2D eigenvalue weighted by Crippen LogP contribution is -1.93. The molecule has 0 saturated carbocycles. The second-order valence-corrected chi connectivity index (χ2v) is 2.68. The van der Waals surface area contributed by atoms with E-state index in [4.69, 9.17) is 5.11 Å². The maximum atomic E-state index is 13.0. The Bertz CT molecular complexity index is 475. The fraction of sp³-hybridized carbons (Fsp3) is 0. The molecule has 2 heterocycles. The van der Waals surface area contributed by atoms with Crippen LogP contribution in [0.4, 0.5) is 4.39 Å². The Balaban J connectivity index is 2.75. The average molecular weight is 179 g/mol. The highest BCUT2D eigenvalue weighted by molar-refractivity contribution is 5.89. The van der Waals surface area contributed by atoms with Gasteiger partial charge >= 0.3 is 5.97 Å². The van der Waals surface area contributed by atoms with Gasteiger partial charge in [-0.2, -0.15) is 4.39 Å². The maximum absolute atomic E-state index is 13.0. The second-order valence-electron chi connectivity index (χ2n) is 2.68. The summed E-state index contributed by atoms with van der Waals surface area (Å²) >= 11 is 0. The summed E-state index contributed by atoms with van der Waals surface area (Å²) < 4.78 is 14.2. The van der Waals surface area contributed by atoms with Crippen LogP contribution in [0.15, 0.2) is 30.5 Å². The van der Waals surface area contributed by atoms with Gasteiger partial charge in [-0.15, -0.1) is 0 Å². The summed E-state index contributed by atoms with van der Waals surface area (Å²) in [5.41, 5.74) is 0.627. The molecule has 0 aliphatic rings. The molecule has 2 rings (SSSR count). The van der Waals surface area contributed by atoms with Crippen LogP contribution >= 0.6 is 0 Å². The third kappa shape index (κ3) is 1.16. The van der Waals surface area contributed by atoms with Crippen LogP contribution in [0, 0.1) is 5.95 Å². The molecule has 2 aromatic rings. The molecule has 0 unspecified atom stereocenters. The number of hydrogen-bond acceptors (Lipinski definition) is 1. The number of nitrogens with zero attached hydrogens (tertiary/aromatic N) is 1. The Morgan fingerprint density at radius 1 is 1.46 bits per heavy atom. The number of pyridine rings is 1. The minimum absolute atomic E-state index is 0.0881. The van der Waals surface area contributed by atoms with E-state index in [0.29, 0.717) is 5.52 Å². The van der Waals surface area contributed by atoms with Crippen molar-refractivity contribution in [3.63, 3.8) is 0 Å². The molecule has 0 aromatic carbocycles. The van der Waals surface area contributed by atoms with Crippen molar-refractivity contribution < 1.29 is 14.3 Å².